The molecule has 0 aromatic heterocycles. The minimum absolute atomic E-state index is 0.408. The number of carbonyl (C=O) groups is 1. The number of hydrogen-bond acceptors (Lipinski definition) is 2. The second-order valence-corrected chi connectivity index (χ2v) is 3.08. The van der Waals surface area contributed by atoms with E-state index in [9.17, 15) is 9.90 Å². The Morgan fingerprint density at radius 3 is 2.50 bits per heavy atom. The molecule has 0 aliphatic rings. The van der Waals surface area contributed by atoms with Crippen molar-refractivity contribution in [3.8, 4) is 0 Å². The summed E-state index contributed by atoms with van der Waals surface area (Å²) in [5.41, 5.74) is 0.851. The molecule has 0 spiro atoms. The number of rotatable bonds is 3. The normalized spacial score (nSPS) is 14.5. The van der Waals surface area contributed by atoms with Gasteiger partial charge in [-0.15, -0.1) is 0 Å². The summed E-state index contributed by atoms with van der Waals surface area (Å²) in [4.78, 5) is 11.1. The molecule has 0 bridgehead atoms. The predicted octanol–water partition coefficient (Wildman–Crippen LogP) is 0.711. The Morgan fingerprint density at radius 2 is 2.00 bits per heavy atom. The van der Waals surface area contributed by atoms with Crippen LogP contribution in [-0.2, 0) is 4.79 Å². The first kappa shape index (κ1) is 10.7. The van der Waals surface area contributed by atoms with Gasteiger partial charge in [0.25, 0.3) is 0 Å². The lowest BCUT2D eigenvalue weighted by Crippen LogP contribution is -2.35. The molecule has 2 atom stereocenters. The van der Waals surface area contributed by atoms with Gasteiger partial charge in [0.2, 0.25) is 5.91 Å². The summed E-state index contributed by atoms with van der Waals surface area (Å²) in [5.74, 6) is -0.843. The van der Waals surface area contributed by atoms with Gasteiger partial charge in [0.05, 0.1) is 0 Å². The third-order valence-electron chi connectivity index (χ3n) is 2.12. The molecule has 0 aliphatic carbocycles. The maximum Gasteiger partial charge on any atom is 0.249 e. The Kier molecular flexibility index (Phi) is 3.65. The van der Waals surface area contributed by atoms with E-state index in [1.54, 1.807) is 0 Å². The van der Waals surface area contributed by atoms with E-state index in [0.29, 0.717) is 0 Å². The molecular formula is C11H14NO2. The molecule has 2 N–H and O–H groups in total. The van der Waals surface area contributed by atoms with Gasteiger partial charge in [0.1, 0.15) is 6.10 Å². The molecule has 0 fully saturated rings. The second kappa shape index (κ2) is 4.77. The van der Waals surface area contributed by atoms with Crippen molar-refractivity contribution in [1.29, 1.82) is 0 Å². The number of aliphatic hydroxyl groups excluding tert-OH is 1. The first-order chi connectivity index (χ1) is 6.66. The molecule has 1 rings (SSSR count). The van der Waals surface area contributed by atoms with Gasteiger partial charge in [-0.3, -0.25) is 4.79 Å². The monoisotopic (exact) mass is 192 g/mol. The molecule has 75 valence electrons. The maximum absolute atomic E-state index is 11.1. The Labute approximate surface area is 83.8 Å². The standard InChI is InChI=1S/C11H14NO2/c1-8(10(13)11(14)12-2)9-6-4-3-5-7-9/h3-8,10,13H,1H2,2H3,(H,12,14). The quantitative estimate of drug-likeness (QED) is 0.741. The van der Waals surface area contributed by atoms with E-state index >= 15 is 0 Å². The zero-order valence-corrected chi connectivity index (χ0v) is 8.10. The Bertz CT molecular complexity index is 297. The van der Waals surface area contributed by atoms with Gasteiger partial charge in [-0.25, -0.2) is 0 Å². The second-order valence-electron chi connectivity index (χ2n) is 3.08. The average Bonchev–Trinajstić information content (AvgIpc) is 2.27. The van der Waals surface area contributed by atoms with E-state index in [1.165, 1.54) is 7.05 Å². The molecule has 0 heterocycles. The zero-order chi connectivity index (χ0) is 10.6. The molecule has 1 radical (unpaired) electrons. The molecule has 3 nitrogen and oxygen atoms in total. The SMILES string of the molecule is [CH2]C(c1ccccc1)C(O)C(=O)NC. The summed E-state index contributed by atoms with van der Waals surface area (Å²) in [6, 6.07) is 9.25. The summed E-state index contributed by atoms with van der Waals surface area (Å²) in [7, 11) is 1.49. The van der Waals surface area contributed by atoms with Crippen LogP contribution in [0.1, 0.15) is 11.5 Å². The predicted molar refractivity (Wildman–Crippen MR) is 54.6 cm³/mol. The van der Waals surface area contributed by atoms with Gasteiger partial charge in [0, 0.05) is 13.0 Å². The van der Waals surface area contributed by atoms with Crippen LogP contribution in [0.4, 0.5) is 0 Å². The van der Waals surface area contributed by atoms with Crippen LogP contribution in [0.2, 0.25) is 0 Å². The van der Waals surface area contributed by atoms with Gasteiger partial charge in [-0.2, -0.15) is 0 Å². The number of benzene rings is 1. The third kappa shape index (κ3) is 2.33. The molecule has 0 saturated heterocycles. The highest BCUT2D eigenvalue weighted by atomic mass is 16.3. The van der Waals surface area contributed by atoms with Crippen LogP contribution in [0.3, 0.4) is 0 Å². The van der Waals surface area contributed by atoms with Crippen LogP contribution < -0.4 is 5.32 Å². The molecular weight excluding hydrogens is 178 g/mol. The molecule has 3 heteroatoms. The van der Waals surface area contributed by atoms with Gasteiger partial charge >= 0.3 is 0 Å². The third-order valence-corrected chi connectivity index (χ3v) is 2.12. The van der Waals surface area contributed by atoms with E-state index in [1.807, 2.05) is 30.3 Å². The van der Waals surface area contributed by atoms with Crippen molar-refractivity contribution < 1.29 is 9.90 Å². The van der Waals surface area contributed by atoms with Gasteiger partial charge in [0.15, 0.2) is 0 Å². The largest absolute Gasteiger partial charge is 0.383 e. The molecule has 0 saturated carbocycles. The summed E-state index contributed by atoms with van der Waals surface area (Å²) < 4.78 is 0. The Morgan fingerprint density at radius 1 is 1.43 bits per heavy atom. The number of likely N-dealkylation sites (N-methyl/N-ethyl adjacent to an activating group) is 1. The van der Waals surface area contributed by atoms with Crippen molar-refractivity contribution in [2.45, 2.75) is 12.0 Å². The molecule has 0 aliphatic heterocycles. The molecule has 1 aromatic carbocycles. The van der Waals surface area contributed by atoms with Crippen LogP contribution in [0.15, 0.2) is 30.3 Å². The number of nitrogens with one attached hydrogen (secondary N) is 1. The highest BCUT2D eigenvalue weighted by molar-refractivity contribution is 5.81. The fraction of sp³-hybridized carbons (Fsp3) is 0.273. The first-order valence-corrected chi connectivity index (χ1v) is 4.44. The van der Waals surface area contributed by atoms with Crippen molar-refractivity contribution in [2.24, 2.45) is 0 Å². The van der Waals surface area contributed by atoms with Gasteiger partial charge < -0.3 is 10.4 Å². The summed E-state index contributed by atoms with van der Waals surface area (Å²) in [6.07, 6.45) is -1.10. The minimum Gasteiger partial charge on any atom is -0.383 e. The zero-order valence-electron chi connectivity index (χ0n) is 8.10. The lowest BCUT2D eigenvalue weighted by Gasteiger charge is -2.17. The fourth-order valence-electron chi connectivity index (χ4n) is 1.21. The van der Waals surface area contributed by atoms with E-state index in [-0.39, 0.29) is 0 Å². The molecule has 1 aromatic rings. The fourth-order valence-corrected chi connectivity index (χ4v) is 1.21. The van der Waals surface area contributed by atoms with E-state index < -0.39 is 17.9 Å². The first-order valence-electron chi connectivity index (χ1n) is 4.44. The van der Waals surface area contributed by atoms with E-state index in [2.05, 4.69) is 12.2 Å². The van der Waals surface area contributed by atoms with E-state index in [0.717, 1.165) is 5.56 Å². The van der Waals surface area contributed by atoms with Crippen molar-refractivity contribution in [3.63, 3.8) is 0 Å². The van der Waals surface area contributed by atoms with Crippen LogP contribution in [-0.4, -0.2) is 24.2 Å². The number of hydrogen-bond donors (Lipinski definition) is 2. The Balaban J connectivity index is 2.75. The minimum atomic E-state index is -1.10. The van der Waals surface area contributed by atoms with Gasteiger partial charge in [-0.1, -0.05) is 30.3 Å². The van der Waals surface area contributed by atoms with Crippen molar-refractivity contribution in [3.05, 3.63) is 42.8 Å². The van der Waals surface area contributed by atoms with E-state index in [4.69, 9.17) is 0 Å². The number of carbonyl (C=O) groups excluding carboxylic acids is 1. The average molecular weight is 192 g/mol. The highest BCUT2D eigenvalue weighted by Gasteiger charge is 2.22. The van der Waals surface area contributed by atoms with Crippen LogP contribution in [0, 0.1) is 6.92 Å². The van der Waals surface area contributed by atoms with Crippen molar-refractivity contribution in [1.82, 2.24) is 5.32 Å². The van der Waals surface area contributed by atoms with Crippen LogP contribution in [0.25, 0.3) is 0 Å². The van der Waals surface area contributed by atoms with Crippen molar-refractivity contribution in [2.75, 3.05) is 7.05 Å². The van der Waals surface area contributed by atoms with Crippen molar-refractivity contribution >= 4 is 5.91 Å². The van der Waals surface area contributed by atoms with Gasteiger partial charge in [-0.05, 0) is 12.5 Å². The molecule has 1 amide bonds. The van der Waals surface area contributed by atoms with Crippen LogP contribution >= 0.6 is 0 Å². The molecule has 2 unspecified atom stereocenters. The molecule has 14 heavy (non-hydrogen) atoms. The summed E-state index contributed by atoms with van der Waals surface area (Å²) in [5, 5.41) is 12.0. The lowest BCUT2D eigenvalue weighted by molar-refractivity contribution is -0.129. The Hall–Kier alpha value is -1.35. The topological polar surface area (TPSA) is 49.3 Å². The lowest BCUT2D eigenvalue weighted by atomic mass is 9.95. The summed E-state index contributed by atoms with van der Waals surface area (Å²) in [6.45, 7) is 3.77. The maximum atomic E-state index is 11.1. The van der Waals surface area contributed by atoms with Crippen LogP contribution in [0.5, 0.6) is 0 Å². The summed E-state index contributed by atoms with van der Waals surface area (Å²) >= 11 is 0. The smallest absolute Gasteiger partial charge is 0.249 e. The number of aliphatic hydroxyl groups is 1. The number of amides is 1. The highest BCUT2D eigenvalue weighted by Crippen LogP contribution is 2.18.